The molecule has 0 amide bonds. The van der Waals surface area contributed by atoms with Gasteiger partial charge in [0.05, 0.1) is 18.0 Å². The first-order valence-corrected chi connectivity index (χ1v) is 8.37. The molecule has 1 saturated heterocycles. The van der Waals surface area contributed by atoms with Gasteiger partial charge in [-0.25, -0.2) is 15.0 Å². The fraction of sp³-hybridized carbons (Fsp3) is 0.533. The molecule has 1 aliphatic heterocycles. The highest BCUT2D eigenvalue weighted by molar-refractivity contribution is 7.81. The second-order valence-electron chi connectivity index (χ2n) is 5.69. The Kier molecular flexibility index (Phi) is 5.04. The first-order chi connectivity index (χ1) is 11.6. The third kappa shape index (κ3) is 2.88. The van der Waals surface area contributed by atoms with Crippen LogP contribution in [0.1, 0.15) is 31.8 Å². The maximum Gasteiger partial charge on any atom is 0.168 e. The van der Waals surface area contributed by atoms with Gasteiger partial charge in [0.25, 0.3) is 0 Å². The van der Waals surface area contributed by atoms with E-state index in [1.807, 2.05) is 12.2 Å². The number of nitrogen functional groups attached to an aromatic ring is 1. The van der Waals surface area contributed by atoms with Crippen molar-refractivity contribution in [3.63, 3.8) is 0 Å². The van der Waals surface area contributed by atoms with Crippen LogP contribution in [-0.4, -0.2) is 53.8 Å². The van der Waals surface area contributed by atoms with Gasteiger partial charge >= 0.3 is 0 Å². The number of anilines is 1. The smallest absolute Gasteiger partial charge is 0.168 e. The molecule has 2 aromatic rings. The van der Waals surface area contributed by atoms with E-state index >= 15 is 0 Å². The lowest BCUT2D eigenvalue weighted by atomic mass is 10.2. The minimum atomic E-state index is -0.896. The van der Waals surface area contributed by atoms with Crippen molar-refractivity contribution < 1.29 is 14.9 Å². The third-order valence-electron chi connectivity index (χ3n) is 4.03. The Morgan fingerprint density at radius 1 is 1.46 bits per heavy atom. The zero-order chi connectivity index (χ0) is 17.3. The number of ether oxygens (including phenoxy) is 1. The summed E-state index contributed by atoms with van der Waals surface area (Å²) in [6.45, 7) is 1.79. The van der Waals surface area contributed by atoms with Crippen LogP contribution in [0.3, 0.4) is 0 Å². The molecular weight excluding hydrogens is 330 g/mol. The third-order valence-corrected chi connectivity index (χ3v) is 4.59. The van der Waals surface area contributed by atoms with E-state index in [2.05, 4.69) is 34.5 Å². The molecule has 0 unspecified atom stereocenters. The van der Waals surface area contributed by atoms with E-state index in [9.17, 15) is 10.2 Å². The molecular formula is C15H21N5O3S. The number of rotatable bonds is 5. The van der Waals surface area contributed by atoms with Gasteiger partial charge < -0.3 is 20.7 Å². The van der Waals surface area contributed by atoms with E-state index in [-0.39, 0.29) is 12.4 Å². The first kappa shape index (κ1) is 17.2. The standard InChI is InChI=1S/C15H21N5O3S/c1-2-3-4-5-9-19-10-13(16)17-7-18-14(10)20(9)15-12(24)11(22)8(6-21)23-15/h4-5,7-8,11-12,15,21-22,24H,2-3,6H2,1H3,(H2,16,17,18)/t8-,11-,12-,15-/m1/s1. The molecule has 0 aromatic carbocycles. The zero-order valence-electron chi connectivity index (χ0n) is 13.3. The quantitative estimate of drug-likeness (QED) is 0.587. The van der Waals surface area contributed by atoms with Crippen LogP contribution >= 0.6 is 12.6 Å². The number of allylic oxidation sites excluding steroid dienone is 1. The lowest BCUT2D eigenvalue weighted by Crippen LogP contribution is -2.30. The molecule has 1 fully saturated rings. The van der Waals surface area contributed by atoms with Crippen molar-refractivity contribution in [3.8, 4) is 0 Å². The number of unbranched alkanes of at least 4 members (excludes halogenated alkanes) is 1. The fourth-order valence-electron chi connectivity index (χ4n) is 2.76. The number of hydrogen-bond donors (Lipinski definition) is 4. The second kappa shape index (κ2) is 7.06. The van der Waals surface area contributed by atoms with Crippen LogP contribution in [0.2, 0.25) is 0 Å². The van der Waals surface area contributed by atoms with E-state index in [4.69, 9.17) is 10.5 Å². The maximum absolute atomic E-state index is 10.2. The summed E-state index contributed by atoms with van der Waals surface area (Å²) in [5, 5.41) is 19.0. The van der Waals surface area contributed by atoms with Crippen LogP contribution in [-0.2, 0) is 4.74 Å². The number of nitrogens with two attached hydrogens (primary N) is 1. The van der Waals surface area contributed by atoms with Crippen molar-refractivity contribution in [1.29, 1.82) is 0 Å². The number of nitrogens with zero attached hydrogens (tertiary/aromatic N) is 4. The van der Waals surface area contributed by atoms with Crippen LogP contribution in [0.25, 0.3) is 17.2 Å². The molecule has 1 aliphatic rings. The molecule has 24 heavy (non-hydrogen) atoms. The molecule has 3 rings (SSSR count). The summed E-state index contributed by atoms with van der Waals surface area (Å²) >= 11 is 4.46. The molecule has 0 aliphatic carbocycles. The largest absolute Gasteiger partial charge is 0.394 e. The lowest BCUT2D eigenvalue weighted by molar-refractivity contribution is -0.0432. The van der Waals surface area contributed by atoms with Gasteiger partial charge in [-0.1, -0.05) is 19.4 Å². The molecule has 0 spiro atoms. The van der Waals surface area contributed by atoms with Gasteiger partial charge in [-0.3, -0.25) is 4.57 Å². The molecule has 9 heteroatoms. The monoisotopic (exact) mass is 351 g/mol. The summed E-state index contributed by atoms with van der Waals surface area (Å²) in [5.41, 5.74) is 6.89. The molecule has 4 atom stereocenters. The van der Waals surface area contributed by atoms with Crippen LogP contribution in [0.5, 0.6) is 0 Å². The summed E-state index contributed by atoms with van der Waals surface area (Å²) in [6, 6.07) is 0. The predicted octanol–water partition coefficient (Wildman–Crippen LogP) is 0.771. The number of aliphatic hydroxyl groups excluding tert-OH is 2. The van der Waals surface area contributed by atoms with Crippen LogP contribution in [0.15, 0.2) is 12.4 Å². The molecule has 2 aromatic heterocycles. The molecule has 3 heterocycles. The van der Waals surface area contributed by atoms with Gasteiger partial charge in [-0.2, -0.15) is 12.6 Å². The molecule has 130 valence electrons. The van der Waals surface area contributed by atoms with Gasteiger partial charge in [0.2, 0.25) is 0 Å². The Morgan fingerprint density at radius 3 is 2.92 bits per heavy atom. The van der Waals surface area contributed by atoms with Gasteiger partial charge in [-0.15, -0.1) is 0 Å². The van der Waals surface area contributed by atoms with Crippen LogP contribution < -0.4 is 5.73 Å². The summed E-state index contributed by atoms with van der Waals surface area (Å²) < 4.78 is 7.53. The van der Waals surface area contributed by atoms with Crippen molar-refractivity contribution >= 4 is 35.7 Å². The highest BCUT2D eigenvalue weighted by atomic mass is 32.1. The Labute approximate surface area is 144 Å². The number of thiol groups is 1. The van der Waals surface area contributed by atoms with Crippen molar-refractivity contribution in [1.82, 2.24) is 19.5 Å². The van der Waals surface area contributed by atoms with E-state index in [1.54, 1.807) is 4.57 Å². The van der Waals surface area contributed by atoms with Crippen molar-refractivity contribution in [2.45, 2.75) is 43.5 Å². The molecule has 0 saturated carbocycles. The topological polar surface area (TPSA) is 119 Å². The van der Waals surface area contributed by atoms with E-state index in [0.717, 1.165) is 12.8 Å². The summed E-state index contributed by atoms with van der Waals surface area (Å²) in [7, 11) is 0. The van der Waals surface area contributed by atoms with Gasteiger partial charge in [0, 0.05) is 0 Å². The lowest BCUT2D eigenvalue weighted by Gasteiger charge is -2.18. The van der Waals surface area contributed by atoms with Crippen LogP contribution in [0.4, 0.5) is 5.82 Å². The fourth-order valence-corrected chi connectivity index (χ4v) is 3.16. The minimum absolute atomic E-state index is 0.275. The summed E-state index contributed by atoms with van der Waals surface area (Å²) in [4.78, 5) is 12.7. The Bertz CT molecular complexity index is 750. The van der Waals surface area contributed by atoms with Crippen molar-refractivity contribution in [3.05, 3.63) is 18.2 Å². The van der Waals surface area contributed by atoms with Crippen molar-refractivity contribution in [2.75, 3.05) is 12.3 Å². The second-order valence-corrected chi connectivity index (χ2v) is 6.29. The average molecular weight is 351 g/mol. The zero-order valence-corrected chi connectivity index (χ0v) is 14.2. The SMILES string of the molecule is CCCC=Cc1nc2c(N)ncnc2n1[C@@H]1O[C@H](CO)[C@@H](O)[C@H]1S. The summed E-state index contributed by atoms with van der Waals surface area (Å²) in [5.74, 6) is 0.873. The Balaban J connectivity index is 2.11. The van der Waals surface area contributed by atoms with E-state index < -0.39 is 23.7 Å². The Hall–Kier alpha value is -1.68. The number of aliphatic hydroxyl groups is 2. The normalized spacial score (nSPS) is 27.5. The van der Waals surface area contributed by atoms with Gasteiger partial charge in [-0.05, 0) is 12.5 Å². The average Bonchev–Trinajstić information content (AvgIpc) is 3.07. The minimum Gasteiger partial charge on any atom is -0.394 e. The van der Waals surface area contributed by atoms with Crippen molar-refractivity contribution in [2.24, 2.45) is 0 Å². The Morgan fingerprint density at radius 2 is 2.25 bits per heavy atom. The van der Waals surface area contributed by atoms with E-state index in [0.29, 0.717) is 17.0 Å². The maximum atomic E-state index is 10.2. The van der Waals surface area contributed by atoms with Gasteiger partial charge in [0.1, 0.15) is 18.3 Å². The highest BCUT2D eigenvalue weighted by Gasteiger charge is 2.43. The highest BCUT2D eigenvalue weighted by Crippen LogP contribution is 2.36. The molecule has 8 nitrogen and oxygen atoms in total. The van der Waals surface area contributed by atoms with E-state index in [1.165, 1.54) is 6.33 Å². The molecule has 4 N–H and O–H groups in total. The molecule has 0 bridgehead atoms. The number of fused-ring (bicyclic) bond motifs is 1. The number of aromatic nitrogens is 4. The summed E-state index contributed by atoms with van der Waals surface area (Å²) in [6.07, 6.45) is 4.92. The number of imidazole rings is 1. The predicted molar refractivity (Wildman–Crippen MR) is 93.5 cm³/mol. The number of hydrogen-bond acceptors (Lipinski definition) is 8. The van der Waals surface area contributed by atoms with Gasteiger partial charge in [0.15, 0.2) is 23.2 Å². The first-order valence-electron chi connectivity index (χ1n) is 7.85. The van der Waals surface area contributed by atoms with Crippen LogP contribution in [0, 0.1) is 0 Å². The molecule has 0 radical (unpaired) electrons.